The molecule has 1 saturated carbocycles. The Balaban J connectivity index is 1.72. The third-order valence-electron chi connectivity index (χ3n) is 5.02. The van der Waals surface area contributed by atoms with Crippen LogP contribution in [0.5, 0.6) is 11.5 Å². The average molecular weight is 359 g/mol. The first-order chi connectivity index (χ1) is 12.6. The Kier molecular flexibility index (Phi) is 5.70. The first-order valence-corrected chi connectivity index (χ1v) is 8.87. The Bertz CT molecular complexity index is 726. The predicted molar refractivity (Wildman–Crippen MR) is 96.1 cm³/mol. The van der Waals surface area contributed by atoms with Crippen molar-refractivity contribution in [3.63, 3.8) is 0 Å². The number of carbonyl (C=O) groups is 1. The summed E-state index contributed by atoms with van der Waals surface area (Å²) in [6, 6.07) is 5.35. The highest BCUT2D eigenvalue weighted by molar-refractivity contribution is 5.92. The molecule has 0 radical (unpaired) electrons. The van der Waals surface area contributed by atoms with Gasteiger partial charge in [0.05, 0.1) is 26.5 Å². The van der Waals surface area contributed by atoms with Crippen LogP contribution in [0.4, 0.5) is 5.69 Å². The van der Waals surface area contributed by atoms with E-state index in [4.69, 9.17) is 9.47 Å². The van der Waals surface area contributed by atoms with E-state index < -0.39 is 0 Å². The van der Waals surface area contributed by atoms with E-state index in [2.05, 4.69) is 20.8 Å². The van der Waals surface area contributed by atoms with Crippen molar-refractivity contribution in [2.45, 2.75) is 45.1 Å². The van der Waals surface area contributed by atoms with Gasteiger partial charge in [0.25, 0.3) is 0 Å². The van der Waals surface area contributed by atoms with Gasteiger partial charge in [0.1, 0.15) is 17.8 Å². The van der Waals surface area contributed by atoms with Gasteiger partial charge in [0, 0.05) is 12.5 Å². The molecule has 0 atom stereocenters. The van der Waals surface area contributed by atoms with Crippen LogP contribution in [0.2, 0.25) is 0 Å². The fourth-order valence-corrected chi connectivity index (χ4v) is 3.73. The Morgan fingerprint density at radius 1 is 1.23 bits per heavy atom. The highest BCUT2D eigenvalue weighted by Gasteiger charge is 2.35. The van der Waals surface area contributed by atoms with Crippen molar-refractivity contribution >= 4 is 11.6 Å². The van der Waals surface area contributed by atoms with Gasteiger partial charge in [-0.25, -0.2) is 4.68 Å². The summed E-state index contributed by atoms with van der Waals surface area (Å²) in [6.45, 7) is 0.660. The lowest BCUT2D eigenvalue weighted by molar-refractivity contribution is -0.119. The second-order valence-electron chi connectivity index (χ2n) is 6.86. The number of hydrogen-bond acceptors (Lipinski definition) is 6. The molecule has 3 rings (SSSR count). The molecule has 1 N–H and O–H groups in total. The van der Waals surface area contributed by atoms with E-state index in [1.54, 1.807) is 43.4 Å². The van der Waals surface area contributed by atoms with Crippen molar-refractivity contribution in [1.29, 1.82) is 0 Å². The van der Waals surface area contributed by atoms with Gasteiger partial charge in [-0.3, -0.25) is 4.79 Å². The molecule has 0 bridgehead atoms. The SMILES string of the molecule is COc1ccc(NC(=O)CC2(Cn3cnnn3)CCCCC2)c(OC)c1. The number of anilines is 1. The summed E-state index contributed by atoms with van der Waals surface area (Å²) in [5, 5.41) is 14.4. The van der Waals surface area contributed by atoms with Gasteiger partial charge in [-0.15, -0.1) is 5.10 Å². The monoisotopic (exact) mass is 359 g/mol. The maximum Gasteiger partial charge on any atom is 0.225 e. The number of ether oxygens (including phenoxy) is 2. The molecule has 0 spiro atoms. The number of nitrogens with one attached hydrogen (secondary N) is 1. The fraction of sp³-hybridized carbons (Fsp3) is 0.556. The van der Waals surface area contributed by atoms with Gasteiger partial charge in [-0.05, 0) is 40.8 Å². The Morgan fingerprint density at radius 3 is 2.69 bits per heavy atom. The van der Waals surface area contributed by atoms with E-state index in [-0.39, 0.29) is 11.3 Å². The average Bonchev–Trinajstić information content (AvgIpc) is 3.15. The van der Waals surface area contributed by atoms with Crippen LogP contribution in [0.3, 0.4) is 0 Å². The smallest absolute Gasteiger partial charge is 0.225 e. The van der Waals surface area contributed by atoms with E-state index >= 15 is 0 Å². The Hall–Kier alpha value is -2.64. The van der Waals surface area contributed by atoms with Crippen LogP contribution in [0.15, 0.2) is 24.5 Å². The van der Waals surface area contributed by atoms with Crippen molar-refractivity contribution in [2.75, 3.05) is 19.5 Å². The zero-order valence-corrected chi connectivity index (χ0v) is 15.3. The van der Waals surface area contributed by atoms with Gasteiger partial charge in [0.2, 0.25) is 5.91 Å². The number of aromatic nitrogens is 4. The fourth-order valence-electron chi connectivity index (χ4n) is 3.73. The molecular formula is C18H25N5O3. The third-order valence-corrected chi connectivity index (χ3v) is 5.02. The minimum absolute atomic E-state index is 0.0246. The highest BCUT2D eigenvalue weighted by Crippen LogP contribution is 2.41. The van der Waals surface area contributed by atoms with Crippen LogP contribution in [-0.2, 0) is 11.3 Å². The van der Waals surface area contributed by atoms with E-state index in [9.17, 15) is 4.79 Å². The normalized spacial score (nSPS) is 16.1. The summed E-state index contributed by atoms with van der Waals surface area (Å²) in [4.78, 5) is 12.8. The molecule has 26 heavy (non-hydrogen) atoms. The van der Waals surface area contributed by atoms with Crippen LogP contribution in [0.25, 0.3) is 0 Å². The van der Waals surface area contributed by atoms with Crippen molar-refractivity contribution in [3.05, 3.63) is 24.5 Å². The Labute approximate surface area is 152 Å². The molecule has 1 aromatic carbocycles. The summed E-state index contributed by atoms with van der Waals surface area (Å²) in [7, 11) is 3.17. The number of methoxy groups -OCH3 is 2. The number of tetrazole rings is 1. The van der Waals surface area contributed by atoms with E-state index in [1.807, 2.05) is 0 Å². The standard InChI is InChI=1S/C18H25N5O3/c1-25-14-6-7-15(16(10-14)26-2)20-17(24)11-18(8-4-3-5-9-18)12-23-13-19-21-22-23/h6-7,10,13H,3-5,8-9,11-12H2,1-2H3,(H,20,24). The van der Waals surface area contributed by atoms with Crippen molar-refractivity contribution in [1.82, 2.24) is 20.2 Å². The molecule has 1 aliphatic carbocycles. The number of rotatable bonds is 7. The molecule has 0 saturated heterocycles. The number of amides is 1. The van der Waals surface area contributed by atoms with Gasteiger partial charge < -0.3 is 14.8 Å². The van der Waals surface area contributed by atoms with Gasteiger partial charge in [-0.1, -0.05) is 19.3 Å². The number of benzene rings is 1. The predicted octanol–water partition coefficient (Wildman–Crippen LogP) is 2.67. The molecular weight excluding hydrogens is 334 g/mol. The maximum atomic E-state index is 12.8. The van der Waals surface area contributed by atoms with E-state index in [0.29, 0.717) is 30.2 Å². The zero-order chi connectivity index (χ0) is 18.4. The van der Waals surface area contributed by atoms with Crippen LogP contribution in [0, 0.1) is 5.41 Å². The summed E-state index contributed by atoms with van der Waals surface area (Å²) >= 11 is 0. The molecule has 140 valence electrons. The minimum atomic E-state index is -0.114. The molecule has 8 nitrogen and oxygen atoms in total. The van der Waals surface area contributed by atoms with Crippen LogP contribution in [-0.4, -0.2) is 40.3 Å². The van der Waals surface area contributed by atoms with Crippen molar-refractivity contribution in [2.24, 2.45) is 5.41 Å². The zero-order valence-electron chi connectivity index (χ0n) is 15.3. The first kappa shape index (κ1) is 18.2. The summed E-state index contributed by atoms with van der Waals surface area (Å²) in [5.74, 6) is 1.24. The third kappa shape index (κ3) is 4.30. The second kappa shape index (κ2) is 8.16. The lowest BCUT2D eigenvalue weighted by atomic mass is 9.71. The molecule has 0 aliphatic heterocycles. The maximum absolute atomic E-state index is 12.8. The lowest BCUT2D eigenvalue weighted by Gasteiger charge is -2.36. The highest BCUT2D eigenvalue weighted by atomic mass is 16.5. The lowest BCUT2D eigenvalue weighted by Crippen LogP contribution is -2.34. The van der Waals surface area contributed by atoms with Crippen LogP contribution in [0.1, 0.15) is 38.5 Å². The Morgan fingerprint density at radius 2 is 2.04 bits per heavy atom. The van der Waals surface area contributed by atoms with E-state index in [0.717, 1.165) is 25.7 Å². The topological polar surface area (TPSA) is 91.2 Å². The van der Waals surface area contributed by atoms with Crippen LogP contribution < -0.4 is 14.8 Å². The summed E-state index contributed by atoms with van der Waals surface area (Å²) in [5.41, 5.74) is 0.531. The van der Waals surface area contributed by atoms with Gasteiger partial charge in [-0.2, -0.15) is 0 Å². The quantitative estimate of drug-likeness (QED) is 0.817. The molecule has 0 unspecified atom stereocenters. The molecule has 8 heteroatoms. The number of hydrogen-bond donors (Lipinski definition) is 1. The second-order valence-corrected chi connectivity index (χ2v) is 6.86. The first-order valence-electron chi connectivity index (χ1n) is 8.87. The van der Waals surface area contributed by atoms with E-state index in [1.165, 1.54) is 6.42 Å². The largest absolute Gasteiger partial charge is 0.497 e. The van der Waals surface area contributed by atoms with Crippen LogP contribution >= 0.6 is 0 Å². The summed E-state index contributed by atoms with van der Waals surface area (Å²) in [6.07, 6.45) is 7.51. The molecule has 1 fully saturated rings. The minimum Gasteiger partial charge on any atom is -0.497 e. The molecule has 1 aliphatic rings. The molecule has 2 aromatic rings. The number of nitrogens with zero attached hydrogens (tertiary/aromatic N) is 4. The molecule has 1 amide bonds. The molecule has 1 aromatic heterocycles. The van der Waals surface area contributed by atoms with Crippen molar-refractivity contribution < 1.29 is 14.3 Å². The van der Waals surface area contributed by atoms with Gasteiger partial charge >= 0.3 is 0 Å². The summed E-state index contributed by atoms with van der Waals surface area (Å²) < 4.78 is 12.3. The van der Waals surface area contributed by atoms with Gasteiger partial charge in [0.15, 0.2) is 0 Å². The molecule has 1 heterocycles. The number of carbonyl (C=O) groups excluding carboxylic acids is 1. The van der Waals surface area contributed by atoms with Crippen molar-refractivity contribution in [3.8, 4) is 11.5 Å².